The van der Waals surface area contributed by atoms with Crippen molar-refractivity contribution in [1.29, 1.82) is 0 Å². The Morgan fingerprint density at radius 3 is 2.30 bits per heavy atom. The van der Waals surface area contributed by atoms with Gasteiger partial charge in [-0.1, -0.05) is 51.1 Å². The van der Waals surface area contributed by atoms with Crippen LogP contribution in [0.1, 0.15) is 27.7 Å². The highest BCUT2D eigenvalue weighted by Gasteiger charge is 2.23. The molecule has 0 radical (unpaired) electrons. The molecular formula is C18H22N2O3. The maximum atomic E-state index is 12.0. The number of nitrogens with one attached hydrogen (secondary N) is 2. The molecule has 2 amide bonds. The van der Waals surface area contributed by atoms with Crippen molar-refractivity contribution >= 4 is 22.6 Å². The van der Waals surface area contributed by atoms with E-state index >= 15 is 0 Å². The van der Waals surface area contributed by atoms with Crippen molar-refractivity contribution in [3.8, 4) is 5.75 Å². The molecule has 0 saturated carbocycles. The van der Waals surface area contributed by atoms with Crippen molar-refractivity contribution in [3.05, 3.63) is 42.5 Å². The number of hydrogen-bond donors (Lipinski definition) is 2. The quantitative estimate of drug-likeness (QED) is 0.856. The molecule has 2 N–H and O–H groups in total. The predicted molar refractivity (Wildman–Crippen MR) is 89.8 cm³/mol. The Morgan fingerprint density at radius 1 is 1.00 bits per heavy atom. The number of hydrogen-bond acceptors (Lipinski definition) is 3. The van der Waals surface area contributed by atoms with Gasteiger partial charge in [-0.15, -0.1) is 0 Å². The van der Waals surface area contributed by atoms with Gasteiger partial charge in [-0.25, -0.2) is 0 Å². The van der Waals surface area contributed by atoms with Crippen LogP contribution in [0.25, 0.3) is 10.8 Å². The Kier molecular flexibility index (Phi) is 4.89. The lowest BCUT2D eigenvalue weighted by atomic mass is 9.96. The van der Waals surface area contributed by atoms with Gasteiger partial charge in [-0.2, -0.15) is 0 Å². The van der Waals surface area contributed by atoms with Crippen LogP contribution in [-0.4, -0.2) is 17.9 Å². The van der Waals surface area contributed by atoms with Gasteiger partial charge in [0.05, 0.1) is 0 Å². The average Bonchev–Trinajstić information content (AvgIpc) is 2.51. The zero-order valence-corrected chi connectivity index (χ0v) is 13.8. The van der Waals surface area contributed by atoms with Crippen LogP contribution in [0, 0.1) is 5.41 Å². The minimum absolute atomic E-state index is 0.260. The number of benzene rings is 2. The Morgan fingerprint density at radius 2 is 1.65 bits per heavy atom. The SMILES string of the molecule is C[C@H](Oc1ccc2ccccc2c1)C(=O)NNC(=O)C(C)(C)C. The topological polar surface area (TPSA) is 67.4 Å². The van der Waals surface area contributed by atoms with Crippen LogP contribution >= 0.6 is 0 Å². The van der Waals surface area contributed by atoms with E-state index in [0.29, 0.717) is 5.75 Å². The monoisotopic (exact) mass is 314 g/mol. The van der Waals surface area contributed by atoms with Crippen LogP contribution in [0.15, 0.2) is 42.5 Å². The molecule has 0 unspecified atom stereocenters. The molecule has 2 rings (SSSR count). The summed E-state index contributed by atoms with van der Waals surface area (Å²) in [5.74, 6) is -0.0620. The van der Waals surface area contributed by atoms with E-state index in [4.69, 9.17) is 4.74 Å². The highest BCUT2D eigenvalue weighted by molar-refractivity contribution is 5.87. The number of hydrazine groups is 1. The second kappa shape index (κ2) is 6.69. The molecule has 0 aliphatic heterocycles. The second-order valence-electron chi connectivity index (χ2n) is 6.46. The first-order valence-corrected chi connectivity index (χ1v) is 7.53. The van der Waals surface area contributed by atoms with Crippen LogP contribution in [-0.2, 0) is 9.59 Å². The molecule has 5 nitrogen and oxygen atoms in total. The summed E-state index contributed by atoms with van der Waals surface area (Å²) in [7, 11) is 0. The standard InChI is InChI=1S/C18H22N2O3/c1-12(16(21)19-20-17(22)18(2,3)4)23-15-10-9-13-7-5-6-8-14(13)11-15/h5-12H,1-4H3,(H,19,21)(H,20,22)/t12-/m0/s1. The summed E-state index contributed by atoms with van der Waals surface area (Å²) in [6.45, 7) is 6.93. The molecule has 0 spiro atoms. The Bertz CT molecular complexity index is 720. The maximum Gasteiger partial charge on any atom is 0.279 e. The fourth-order valence-electron chi connectivity index (χ4n) is 1.91. The molecule has 0 aliphatic carbocycles. The molecule has 2 aromatic rings. The van der Waals surface area contributed by atoms with Crippen molar-refractivity contribution in [3.63, 3.8) is 0 Å². The summed E-state index contributed by atoms with van der Waals surface area (Å²) in [4.78, 5) is 23.7. The lowest BCUT2D eigenvalue weighted by Crippen LogP contribution is -2.50. The zero-order valence-electron chi connectivity index (χ0n) is 13.8. The third kappa shape index (κ3) is 4.45. The van der Waals surface area contributed by atoms with E-state index in [1.165, 1.54) is 0 Å². The third-order valence-electron chi connectivity index (χ3n) is 3.38. The fraction of sp³-hybridized carbons (Fsp3) is 0.333. The number of rotatable bonds is 3. The molecule has 2 aromatic carbocycles. The summed E-state index contributed by atoms with van der Waals surface area (Å²) >= 11 is 0. The van der Waals surface area contributed by atoms with Crippen molar-refractivity contribution in [2.75, 3.05) is 0 Å². The molecule has 5 heteroatoms. The normalized spacial score (nSPS) is 12.5. The van der Waals surface area contributed by atoms with Gasteiger partial charge in [0, 0.05) is 5.41 Å². The molecule has 0 aliphatic rings. The first-order valence-electron chi connectivity index (χ1n) is 7.53. The highest BCUT2D eigenvalue weighted by Crippen LogP contribution is 2.21. The van der Waals surface area contributed by atoms with E-state index in [-0.39, 0.29) is 5.91 Å². The number of fused-ring (bicyclic) bond motifs is 1. The van der Waals surface area contributed by atoms with Crippen LogP contribution in [0.4, 0.5) is 0 Å². The van der Waals surface area contributed by atoms with Crippen LogP contribution in [0.2, 0.25) is 0 Å². The largest absolute Gasteiger partial charge is 0.481 e. The number of ether oxygens (including phenoxy) is 1. The number of carbonyl (C=O) groups excluding carboxylic acids is 2. The summed E-state index contributed by atoms with van der Waals surface area (Å²) in [6.07, 6.45) is -0.726. The van der Waals surface area contributed by atoms with Gasteiger partial charge >= 0.3 is 0 Å². The average molecular weight is 314 g/mol. The molecule has 0 fully saturated rings. The second-order valence-corrected chi connectivity index (χ2v) is 6.46. The first kappa shape index (κ1) is 16.8. The summed E-state index contributed by atoms with van der Waals surface area (Å²) in [5, 5.41) is 2.15. The van der Waals surface area contributed by atoms with Crippen molar-refractivity contribution in [2.24, 2.45) is 5.41 Å². The van der Waals surface area contributed by atoms with Gasteiger partial charge in [0.2, 0.25) is 5.91 Å². The maximum absolute atomic E-state index is 12.0. The number of carbonyl (C=O) groups is 2. The van der Waals surface area contributed by atoms with E-state index in [2.05, 4.69) is 10.9 Å². The fourth-order valence-corrected chi connectivity index (χ4v) is 1.91. The predicted octanol–water partition coefficient (Wildman–Crippen LogP) is 2.80. The highest BCUT2D eigenvalue weighted by atomic mass is 16.5. The van der Waals surface area contributed by atoms with Gasteiger partial charge in [0.15, 0.2) is 6.10 Å². The lowest BCUT2D eigenvalue weighted by Gasteiger charge is -2.20. The van der Waals surface area contributed by atoms with Crippen LogP contribution in [0.5, 0.6) is 5.75 Å². The lowest BCUT2D eigenvalue weighted by molar-refractivity contribution is -0.136. The zero-order chi connectivity index (χ0) is 17.0. The minimum Gasteiger partial charge on any atom is -0.481 e. The Balaban J connectivity index is 1.95. The molecule has 23 heavy (non-hydrogen) atoms. The first-order chi connectivity index (χ1) is 10.8. The smallest absolute Gasteiger partial charge is 0.279 e. The molecule has 0 saturated heterocycles. The molecule has 0 aromatic heterocycles. The third-order valence-corrected chi connectivity index (χ3v) is 3.38. The van der Waals surface area contributed by atoms with E-state index in [1.807, 2.05) is 42.5 Å². The molecule has 122 valence electrons. The molecule has 0 heterocycles. The van der Waals surface area contributed by atoms with E-state index < -0.39 is 17.4 Å². The Hall–Kier alpha value is -2.56. The van der Waals surface area contributed by atoms with Gasteiger partial charge in [-0.3, -0.25) is 20.4 Å². The minimum atomic E-state index is -0.726. The Labute approximate surface area is 136 Å². The summed E-state index contributed by atoms with van der Waals surface area (Å²) in [6, 6.07) is 13.6. The van der Waals surface area contributed by atoms with Gasteiger partial charge < -0.3 is 4.74 Å². The van der Waals surface area contributed by atoms with E-state index in [9.17, 15) is 9.59 Å². The van der Waals surface area contributed by atoms with E-state index in [1.54, 1.807) is 27.7 Å². The van der Waals surface area contributed by atoms with Gasteiger partial charge in [-0.05, 0) is 29.8 Å². The van der Waals surface area contributed by atoms with Crippen molar-refractivity contribution in [2.45, 2.75) is 33.8 Å². The molecule has 0 bridgehead atoms. The number of amides is 2. The van der Waals surface area contributed by atoms with Crippen molar-refractivity contribution < 1.29 is 14.3 Å². The van der Waals surface area contributed by atoms with E-state index in [0.717, 1.165) is 10.8 Å². The van der Waals surface area contributed by atoms with Gasteiger partial charge in [0.25, 0.3) is 5.91 Å². The van der Waals surface area contributed by atoms with Gasteiger partial charge in [0.1, 0.15) is 5.75 Å². The van der Waals surface area contributed by atoms with Crippen LogP contribution < -0.4 is 15.6 Å². The summed E-state index contributed by atoms with van der Waals surface area (Å²) in [5.41, 5.74) is 4.21. The molecule has 1 atom stereocenters. The molecular weight excluding hydrogens is 292 g/mol. The summed E-state index contributed by atoms with van der Waals surface area (Å²) < 4.78 is 5.64. The van der Waals surface area contributed by atoms with Crippen molar-refractivity contribution in [1.82, 2.24) is 10.9 Å². The van der Waals surface area contributed by atoms with Crippen LogP contribution in [0.3, 0.4) is 0 Å².